The molecule has 4 nitrogen and oxygen atoms in total. The number of hydrogen-bond donors (Lipinski definition) is 1. The second-order valence-corrected chi connectivity index (χ2v) is 4.61. The highest BCUT2D eigenvalue weighted by atomic mass is 35.5. The Balaban J connectivity index is 2.23. The molecule has 0 heterocycles. The Hall–Kier alpha value is -2.28. The minimum atomic E-state index is -1.27. The van der Waals surface area contributed by atoms with Crippen molar-refractivity contribution in [2.75, 3.05) is 5.32 Å². The van der Waals surface area contributed by atoms with Crippen LogP contribution in [0.4, 0.5) is 24.5 Å². The number of halogens is 4. The minimum absolute atomic E-state index is 0.0306. The van der Waals surface area contributed by atoms with Gasteiger partial charge in [0, 0.05) is 23.7 Å². The van der Waals surface area contributed by atoms with Gasteiger partial charge in [-0.05, 0) is 23.8 Å². The third-order valence-electron chi connectivity index (χ3n) is 2.64. The van der Waals surface area contributed by atoms with Gasteiger partial charge in [-0.15, -0.1) is 0 Å². The van der Waals surface area contributed by atoms with E-state index in [4.69, 9.17) is 11.6 Å². The summed E-state index contributed by atoms with van der Waals surface area (Å²) in [5.74, 6) is -2.82. The van der Waals surface area contributed by atoms with Crippen LogP contribution in [-0.4, -0.2) is 4.92 Å². The summed E-state index contributed by atoms with van der Waals surface area (Å²) in [6, 6.07) is 4.89. The van der Waals surface area contributed by atoms with E-state index >= 15 is 0 Å². The highest BCUT2D eigenvalue weighted by Gasteiger charge is 2.18. The second-order valence-electron chi connectivity index (χ2n) is 4.17. The van der Waals surface area contributed by atoms with E-state index in [1.54, 1.807) is 0 Å². The molecule has 0 bridgehead atoms. The number of benzene rings is 2. The van der Waals surface area contributed by atoms with Gasteiger partial charge in [0.05, 0.1) is 10.6 Å². The molecule has 0 unspecified atom stereocenters. The maximum absolute atomic E-state index is 13.5. The number of nitro groups is 1. The molecule has 110 valence electrons. The molecule has 0 saturated heterocycles. The molecule has 2 aromatic rings. The van der Waals surface area contributed by atoms with E-state index in [0.717, 1.165) is 12.1 Å². The third kappa shape index (κ3) is 3.63. The van der Waals surface area contributed by atoms with Crippen LogP contribution < -0.4 is 5.32 Å². The molecular weight excluding hydrogens is 309 g/mol. The summed E-state index contributed by atoms with van der Waals surface area (Å²) in [6.45, 7) is -0.0306. The van der Waals surface area contributed by atoms with Crippen molar-refractivity contribution in [2.45, 2.75) is 6.54 Å². The third-order valence-corrected chi connectivity index (χ3v) is 2.86. The van der Waals surface area contributed by atoms with Crippen LogP contribution in [0.25, 0.3) is 0 Å². The lowest BCUT2D eigenvalue weighted by atomic mass is 10.2. The molecule has 0 aliphatic rings. The number of rotatable bonds is 4. The van der Waals surface area contributed by atoms with E-state index in [0.29, 0.717) is 11.6 Å². The summed E-state index contributed by atoms with van der Waals surface area (Å²) in [6.07, 6.45) is 0. The van der Waals surface area contributed by atoms with Gasteiger partial charge < -0.3 is 5.32 Å². The number of nitrogens with one attached hydrogen (secondary N) is 1. The first-order valence-corrected chi connectivity index (χ1v) is 6.07. The number of anilines is 1. The number of hydrogen-bond acceptors (Lipinski definition) is 3. The smallest absolute Gasteiger partial charge is 0.307 e. The fourth-order valence-corrected chi connectivity index (χ4v) is 1.97. The molecule has 2 rings (SSSR count). The Labute approximate surface area is 122 Å². The van der Waals surface area contributed by atoms with Crippen LogP contribution in [0, 0.1) is 27.6 Å². The van der Waals surface area contributed by atoms with Crippen molar-refractivity contribution < 1.29 is 18.1 Å². The summed E-state index contributed by atoms with van der Waals surface area (Å²) in [4.78, 5) is 9.64. The average molecular weight is 317 g/mol. The Morgan fingerprint density at radius 2 is 1.81 bits per heavy atom. The second kappa shape index (κ2) is 6.01. The summed E-state index contributed by atoms with van der Waals surface area (Å²) < 4.78 is 39.8. The molecule has 0 fully saturated rings. The lowest BCUT2D eigenvalue weighted by molar-refractivity contribution is -0.387. The predicted octanol–water partition coefficient (Wildman–Crippen LogP) is 4.28. The van der Waals surface area contributed by atoms with E-state index in [9.17, 15) is 23.3 Å². The lowest BCUT2D eigenvalue weighted by Crippen LogP contribution is -2.04. The average Bonchev–Trinajstić information content (AvgIpc) is 2.36. The molecule has 1 N–H and O–H groups in total. The van der Waals surface area contributed by atoms with E-state index < -0.39 is 28.1 Å². The lowest BCUT2D eigenvalue weighted by Gasteiger charge is -2.08. The van der Waals surface area contributed by atoms with Crippen molar-refractivity contribution in [1.82, 2.24) is 0 Å². The van der Waals surface area contributed by atoms with Crippen LogP contribution in [0.2, 0.25) is 5.02 Å². The molecule has 2 aromatic carbocycles. The SMILES string of the molecule is O=[N+]([O-])c1cc(NCc2cc(F)cc(Cl)c2)c(F)cc1F. The largest absolute Gasteiger partial charge is 0.378 e. The molecule has 0 amide bonds. The van der Waals surface area contributed by atoms with Gasteiger partial charge in [-0.2, -0.15) is 4.39 Å². The fourth-order valence-electron chi connectivity index (χ4n) is 1.72. The van der Waals surface area contributed by atoms with Crippen molar-refractivity contribution in [3.05, 3.63) is 68.5 Å². The maximum Gasteiger partial charge on any atom is 0.307 e. The zero-order valence-corrected chi connectivity index (χ0v) is 11.1. The maximum atomic E-state index is 13.5. The molecule has 21 heavy (non-hydrogen) atoms. The van der Waals surface area contributed by atoms with Crippen LogP contribution in [-0.2, 0) is 6.54 Å². The molecule has 0 aromatic heterocycles. The molecule has 0 aliphatic heterocycles. The predicted molar refractivity (Wildman–Crippen MR) is 71.7 cm³/mol. The Morgan fingerprint density at radius 3 is 2.43 bits per heavy atom. The molecule has 0 atom stereocenters. The molecule has 0 saturated carbocycles. The van der Waals surface area contributed by atoms with Crippen LogP contribution in [0.15, 0.2) is 30.3 Å². The zero-order valence-electron chi connectivity index (χ0n) is 10.4. The normalized spacial score (nSPS) is 10.5. The van der Waals surface area contributed by atoms with Gasteiger partial charge in [-0.1, -0.05) is 11.6 Å². The molecule has 0 aliphatic carbocycles. The van der Waals surface area contributed by atoms with E-state index in [1.165, 1.54) is 12.1 Å². The van der Waals surface area contributed by atoms with Crippen molar-refractivity contribution >= 4 is 23.0 Å². The zero-order chi connectivity index (χ0) is 15.6. The minimum Gasteiger partial charge on any atom is -0.378 e. The molecule has 0 spiro atoms. The van der Waals surface area contributed by atoms with Gasteiger partial charge >= 0.3 is 5.69 Å². The van der Waals surface area contributed by atoms with Crippen molar-refractivity contribution in [3.8, 4) is 0 Å². The Morgan fingerprint density at radius 1 is 1.10 bits per heavy atom. The summed E-state index contributed by atoms with van der Waals surface area (Å²) in [5.41, 5.74) is -0.703. The molecule has 8 heteroatoms. The highest BCUT2D eigenvalue weighted by Crippen LogP contribution is 2.25. The monoisotopic (exact) mass is 316 g/mol. The van der Waals surface area contributed by atoms with Gasteiger partial charge in [-0.25, -0.2) is 8.78 Å². The standard InChI is InChI=1S/C13H8ClF3N2O2/c14-8-1-7(2-9(15)3-8)6-18-12-5-13(19(20)21)11(17)4-10(12)16/h1-5,18H,6H2. The van der Waals surface area contributed by atoms with Crippen molar-refractivity contribution in [1.29, 1.82) is 0 Å². The van der Waals surface area contributed by atoms with Gasteiger partial charge in [0.2, 0.25) is 5.82 Å². The number of nitro benzene ring substituents is 1. The van der Waals surface area contributed by atoms with E-state index in [1.807, 2.05) is 0 Å². The first-order chi connectivity index (χ1) is 9.86. The quantitative estimate of drug-likeness (QED) is 0.676. The van der Waals surface area contributed by atoms with Crippen molar-refractivity contribution in [2.24, 2.45) is 0 Å². The molecular formula is C13H8ClF3N2O2. The van der Waals surface area contributed by atoms with Gasteiger partial charge in [0.15, 0.2) is 0 Å². The van der Waals surface area contributed by atoms with E-state index in [2.05, 4.69) is 5.32 Å². The summed E-state index contributed by atoms with van der Waals surface area (Å²) >= 11 is 5.67. The van der Waals surface area contributed by atoms with Crippen LogP contribution in [0.5, 0.6) is 0 Å². The first-order valence-electron chi connectivity index (χ1n) is 5.69. The highest BCUT2D eigenvalue weighted by molar-refractivity contribution is 6.30. The van der Waals surface area contributed by atoms with Crippen LogP contribution in [0.1, 0.15) is 5.56 Å². The number of nitrogens with zero attached hydrogens (tertiary/aromatic N) is 1. The summed E-state index contributed by atoms with van der Waals surface area (Å²) in [7, 11) is 0. The topological polar surface area (TPSA) is 55.2 Å². The Bertz CT molecular complexity index is 690. The van der Waals surface area contributed by atoms with Gasteiger partial charge in [0.1, 0.15) is 11.6 Å². The van der Waals surface area contributed by atoms with E-state index in [-0.39, 0.29) is 17.3 Å². The van der Waals surface area contributed by atoms with Crippen molar-refractivity contribution in [3.63, 3.8) is 0 Å². The van der Waals surface area contributed by atoms with Crippen LogP contribution in [0.3, 0.4) is 0 Å². The van der Waals surface area contributed by atoms with Gasteiger partial charge in [-0.3, -0.25) is 10.1 Å². The van der Waals surface area contributed by atoms with Crippen LogP contribution >= 0.6 is 11.6 Å². The summed E-state index contributed by atoms with van der Waals surface area (Å²) in [5, 5.41) is 13.3. The Kier molecular flexibility index (Phi) is 4.32. The van der Waals surface area contributed by atoms with Gasteiger partial charge in [0.25, 0.3) is 0 Å². The first kappa shape index (κ1) is 15.1. The molecule has 0 radical (unpaired) electrons. The fraction of sp³-hybridized carbons (Fsp3) is 0.0769.